The molecule has 3 rings (SSSR count). The van der Waals surface area contributed by atoms with Crippen LogP contribution in [0.3, 0.4) is 0 Å². The van der Waals surface area contributed by atoms with Crippen molar-refractivity contribution in [2.45, 2.75) is 6.42 Å². The standard InChI is InChI=1S/C13H9N3O3S2/c17-12(7-9-2-1-5-20-9)15-13-14-10-6-8(16(18)19)3-4-11(10)21-13/h1-6H,7H2,(H,14,15,17). The number of nitrogens with one attached hydrogen (secondary N) is 1. The number of aromatic nitrogens is 1. The number of carbonyl (C=O) groups is 1. The third-order valence-corrected chi connectivity index (χ3v) is 4.57. The zero-order valence-corrected chi connectivity index (χ0v) is 12.2. The van der Waals surface area contributed by atoms with E-state index in [0.717, 1.165) is 9.58 Å². The van der Waals surface area contributed by atoms with Gasteiger partial charge in [0.1, 0.15) is 0 Å². The van der Waals surface area contributed by atoms with E-state index in [1.807, 2.05) is 17.5 Å². The molecule has 0 aliphatic heterocycles. The SMILES string of the molecule is O=C(Cc1cccs1)Nc1nc2cc([N+](=O)[O-])ccc2s1. The summed E-state index contributed by atoms with van der Waals surface area (Å²) in [7, 11) is 0. The minimum atomic E-state index is -0.464. The quantitative estimate of drug-likeness (QED) is 0.589. The van der Waals surface area contributed by atoms with Gasteiger partial charge in [-0.05, 0) is 17.5 Å². The van der Waals surface area contributed by atoms with E-state index < -0.39 is 4.92 Å². The summed E-state index contributed by atoms with van der Waals surface area (Å²) in [6.45, 7) is 0. The fourth-order valence-electron chi connectivity index (χ4n) is 1.82. The maximum absolute atomic E-state index is 11.9. The summed E-state index contributed by atoms with van der Waals surface area (Å²) >= 11 is 2.82. The lowest BCUT2D eigenvalue weighted by atomic mass is 10.3. The van der Waals surface area contributed by atoms with Crippen molar-refractivity contribution in [1.82, 2.24) is 4.98 Å². The monoisotopic (exact) mass is 319 g/mol. The maximum Gasteiger partial charge on any atom is 0.271 e. The summed E-state index contributed by atoms with van der Waals surface area (Å²) in [6.07, 6.45) is 0.299. The fourth-order valence-corrected chi connectivity index (χ4v) is 3.38. The van der Waals surface area contributed by atoms with Crippen LogP contribution >= 0.6 is 22.7 Å². The van der Waals surface area contributed by atoms with Crippen molar-refractivity contribution >= 4 is 49.6 Å². The molecule has 0 radical (unpaired) electrons. The first kappa shape index (κ1) is 13.7. The lowest BCUT2D eigenvalue weighted by Crippen LogP contribution is -2.13. The van der Waals surface area contributed by atoms with Crippen LogP contribution in [-0.2, 0) is 11.2 Å². The molecule has 0 saturated heterocycles. The Bertz CT molecular complexity index is 811. The maximum atomic E-state index is 11.9. The third-order valence-electron chi connectivity index (χ3n) is 2.74. The Labute approximate surface area is 127 Å². The molecule has 0 atom stereocenters. The van der Waals surface area contributed by atoms with Gasteiger partial charge in [-0.2, -0.15) is 0 Å². The van der Waals surface area contributed by atoms with Crippen LogP contribution in [0.25, 0.3) is 10.2 Å². The predicted molar refractivity (Wildman–Crippen MR) is 82.9 cm³/mol. The Morgan fingerprint density at radius 2 is 2.24 bits per heavy atom. The van der Waals surface area contributed by atoms with E-state index in [0.29, 0.717) is 17.1 Å². The Morgan fingerprint density at radius 1 is 1.38 bits per heavy atom. The molecular formula is C13H9N3O3S2. The average Bonchev–Trinajstić information content (AvgIpc) is 3.05. The number of fused-ring (bicyclic) bond motifs is 1. The Hall–Kier alpha value is -2.32. The van der Waals surface area contributed by atoms with Crippen LogP contribution < -0.4 is 5.32 Å². The third kappa shape index (κ3) is 3.06. The number of nitrogens with zero attached hydrogens (tertiary/aromatic N) is 2. The molecule has 3 aromatic rings. The van der Waals surface area contributed by atoms with E-state index in [-0.39, 0.29) is 11.6 Å². The molecule has 2 heterocycles. The molecule has 1 aromatic carbocycles. The average molecular weight is 319 g/mol. The van der Waals surface area contributed by atoms with Crippen molar-refractivity contribution < 1.29 is 9.72 Å². The van der Waals surface area contributed by atoms with Crippen molar-refractivity contribution in [2.75, 3.05) is 5.32 Å². The van der Waals surface area contributed by atoms with Crippen LogP contribution in [0, 0.1) is 10.1 Å². The highest BCUT2D eigenvalue weighted by atomic mass is 32.1. The lowest BCUT2D eigenvalue weighted by molar-refractivity contribution is -0.384. The van der Waals surface area contributed by atoms with E-state index in [4.69, 9.17) is 0 Å². The van der Waals surface area contributed by atoms with Crippen LogP contribution in [0.1, 0.15) is 4.88 Å². The summed E-state index contributed by atoms with van der Waals surface area (Å²) in [5, 5.41) is 15.8. The number of anilines is 1. The molecule has 106 valence electrons. The molecule has 2 aromatic heterocycles. The van der Waals surface area contributed by atoms with Crippen LogP contribution in [0.2, 0.25) is 0 Å². The molecule has 0 aliphatic carbocycles. The first-order chi connectivity index (χ1) is 10.1. The van der Waals surface area contributed by atoms with Gasteiger partial charge >= 0.3 is 0 Å². The van der Waals surface area contributed by atoms with Crippen LogP contribution in [0.5, 0.6) is 0 Å². The molecule has 0 bridgehead atoms. The van der Waals surface area contributed by atoms with Gasteiger partial charge in [0.2, 0.25) is 5.91 Å². The predicted octanol–water partition coefficient (Wildman–Crippen LogP) is 3.45. The van der Waals surface area contributed by atoms with E-state index in [2.05, 4.69) is 10.3 Å². The number of nitro benzene ring substituents is 1. The van der Waals surface area contributed by atoms with Crippen LogP contribution in [-0.4, -0.2) is 15.8 Å². The van der Waals surface area contributed by atoms with Gasteiger partial charge in [-0.1, -0.05) is 17.4 Å². The summed E-state index contributed by atoms with van der Waals surface area (Å²) in [5.41, 5.74) is 0.505. The van der Waals surface area contributed by atoms with Gasteiger partial charge in [-0.15, -0.1) is 11.3 Å². The first-order valence-corrected chi connectivity index (χ1v) is 7.68. The summed E-state index contributed by atoms with van der Waals surface area (Å²) in [5.74, 6) is -0.147. The molecule has 6 nitrogen and oxygen atoms in total. The number of amides is 1. The number of hydrogen-bond donors (Lipinski definition) is 1. The largest absolute Gasteiger partial charge is 0.302 e. The molecular weight excluding hydrogens is 310 g/mol. The number of benzene rings is 1. The molecule has 0 unspecified atom stereocenters. The van der Waals surface area contributed by atoms with Gasteiger partial charge in [0.05, 0.1) is 21.6 Å². The van der Waals surface area contributed by atoms with E-state index in [9.17, 15) is 14.9 Å². The normalized spacial score (nSPS) is 10.7. The minimum absolute atomic E-state index is 0.00994. The highest BCUT2D eigenvalue weighted by Crippen LogP contribution is 2.28. The number of rotatable bonds is 4. The van der Waals surface area contributed by atoms with Crippen LogP contribution in [0.15, 0.2) is 35.7 Å². The number of carbonyl (C=O) groups excluding carboxylic acids is 1. The molecule has 0 spiro atoms. The highest BCUT2D eigenvalue weighted by Gasteiger charge is 2.12. The molecule has 1 N–H and O–H groups in total. The zero-order valence-electron chi connectivity index (χ0n) is 10.6. The van der Waals surface area contributed by atoms with Crippen molar-refractivity contribution in [3.63, 3.8) is 0 Å². The minimum Gasteiger partial charge on any atom is -0.302 e. The smallest absolute Gasteiger partial charge is 0.271 e. The second-order valence-corrected chi connectivity index (χ2v) is 6.30. The molecule has 21 heavy (non-hydrogen) atoms. The summed E-state index contributed by atoms with van der Waals surface area (Å²) in [4.78, 5) is 27.3. The first-order valence-electron chi connectivity index (χ1n) is 5.99. The number of thiophene rings is 1. The second kappa shape index (κ2) is 5.58. The van der Waals surface area contributed by atoms with Gasteiger partial charge < -0.3 is 5.32 Å². The van der Waals surface area contributed by atoms with E-state index in [1.54, 1.807) is 6.07 Å². The number of thiazole rings is 1. The number of nitro groups is 1. The molecule has 8 heteroatoms. The fraction of sp³-hybridized carbons (Fsp3) is 0.0769. The van der Waals surface area contributed by atoms with E-state index in [1.165, 1.54) is 34.8 Å². The van der Waals surface area contributed by atoms with Crippen LogP contribution in [0.4, 0.5) is 10.8 Å². The number of non-ortho nitro benzene ring substituents is 1. The Balaban J connectivity index is 1.78. The zero-order chi connectivity index (χ0) is 14.8. The van der Waals surface area contributed by atoms with Gasteiger partial charge in [0, 0.05) is 17.0 Å². The molecule has 1 amide bonds. The van der Waals surface area contributed by atoms with Gasteiger partial charge in [0.15, 0.2) is 5.13 Å². The molecule has 0 fully saturated rings. The highest BCUT2D eigenvalue weighted by molar-refractivity contribution is 7.22. The van der Waals surface area contributed by atoms with Crippen molar-refractivity contribution in [1.29, 1.82) is 0 Å². The summed E-state index contributed by atoms with van der Waals surface area (Å²) < 4.78 is 0.798. The van der Waals surface area contributed by atoms with Crippen molar-refractivity contribution in [2.24, 2.45) is 0 Å². The number of hydrogen-bond acceptors (Lipinski definition) is 6. The Morgan fingerprint density at radius 3 is 2.95 bits per heavy atom. The van der Waals surface area contributed by atoms with Crippen molar-refractivity contribution in [3.8, 4) is 0 Å². The lowest BCUT2D eigenvalue weighted by Gasteiger charge is -1.98. The van der Waals surface area contributed by atoms with Crippen molar-refractivity contribution in [3.05, 3.63) is 50.7 Å². The Kier molecular flexibility index (Phi) is 3.63. The topological polar surface area (TPSA) is 85.1 Å². The second-order valence-electron chi connectivity index (χ2n) is 4.23. The van der Waals surface area contributed by atoms with Gasteiger partial charge in [-0.3, -0.25) is 14.9 Å². The van der Waals surface area contributed by atoms with Gasteiger partial charge in [0.25, 0.3) is 5.69 Å². The molecule has 0 saturated carbocycles. The summed E-state index contributed by atoms with van der Waals surface area (Å²) in [6, 6.07) is 8.26. The molecule has 0 aliphatic rings. The van der Waals surface area contributed by atoms with E-state index >= 15 is 0 Å². The van der Waals surface area contributed by atoms with Gasteiger partial charge in [-0.25, -0.2) is 4.98 Å².